The molecule has 3 rings (SSSR count). The summed E-state index contributed by atoms with van der Waals surface area (Å²) in [4.78, 5) is 14.8. The first-order valence-corrected chi connectivity index (χ1v) is 8.78. The number of ether oxygens (including phenoxy) is 1. The first-order valence-electron chi connectivity index (χ1n) is 7.21. The molecule has 2 aromatic rings. The van der Waals surface area contributed by atoms with Gasteiger partial charge in [0.2, 0.25) is 0 Å². The van der Waals surface area contributed by atoms with Crippen LogP contribution in [-0.4, -0.2) is 37.6 Å². The van der Waals surface area contributed by atoms with Crippen LogP contribution in [0.1, 0.15) is 22.0 Å². The SMILES string of the molecule is COc1ccccc1C1CNCCN1C(=O)c1cc(Cl)sc1Cl. The third-order valence-corrected chi connectivity index (χ3v) is 5.38. The summed E-state index contributed by atoms with van der Waals surface area (Å²) in [6.07, 6.45) is 0. The van der Waals surface area contributed by atoms with Crippen molar-refractivity contribution in [2.24, 2.45) is 0 Å². The topological polar surface area (TPSA) is 41.6 Å². The molecule has 0 saturated carbocycles. The number of nitrogens with zero attached hydrogens (tertiary/aromatic N) is 1. The maximum absolute atomic E-state index is 12.9. The summed E-state index contributed by atoms with van der Waals surface area (Å²) in [6.45, 7) is 2.01. The van der Waals surface area contributed by atoms with Gasteiger partial charge in [0.15, 0.2) is 0 Å². The van der Waals surface area contributed by atoms with Crippen LogP contribution in [0.2, 0.25) is 8.67 Å². The highest BCUT2D eigenvalue weighted by Gasteiger charge is 2.31. The van der Waals surface area contributed by atoms with Crippen molar-refractivity contribution in [3.05, 3.63) is 50.1 Å². The number of carbonyl (C=O) groups excluding carboxylic acids is 1. The Hall–Kier alpha value is -1.27. The van der Waals surface area contributed by atoms with Crippen molar-refractivity contribution < 1.29 is 9.53 Å². The third kappa shape index (κ3) is 3.33. The smallest absolute Gasteiger partial charge is 0.256 e. The van der Waals surface area contributed by atoms with Crippen molar-refractivity contribution >= 4 is 40.4 Å². The van der Waals surface area contributed by atoms with Crippen LogP contribution in [-0.2, 0) is 0 Å². The minimum atomic E-state index is -0.109. The lowest BCUT2D eigenvalue weighted by atomic mass is 10.0. The number of thiophene rings is 1. The van der Waals surface area contributed by atoms with E-state index in [-0.39, 0.29) is 11.9 Å². The van der Waals surface area contributed by atoms with Gasteiger partial charge in [-0.3, -0.25) is 4.79 Å². The molecule has 1 N–H and O–H groups in total. The minimum absolute atomic E-state index is 0.101. The summed E-state index contributed by atoms with van der Waals surface area (Å²) in [5, 5.41) is 3.33. The summed E-state index contributed by atoms with van der Waals surface area (Å²) in [5.41, 5.74) is 1.44. The van der Waals surface area contributed by atoms with Crippen LogP contribution in [0.4, 0.5) is 0 Å². The number of benzene rings is 1. The Morgan fingerprint density at radius 1 is 1.39 bits per heavy atom. The lowest BCUT2D eigenvalue weighted by molar-refractivity contribution is 0.0632. The number of para-hydroxylation sites is 1. The first kappa shape index (κ1) is 16.6. The van der Waals surface area contributed by atoms with Gasteiger partial charge in [0.25, 0.3) is 5.91 Å². The molecule has 0 bridgehead atoms. The zero-order valence-corrected chi connectivity index (χ0v) is 14.8. The molecule has 1 atom stereocenters. The molecule has 1 aromatic heterocycles. The van der Waals surface area contributed by atoms with E-state index in [4.69, 9.17) is 27.9 Å². The van der Waals surface area contributed by atoms with Crippen LogP contribution >= 0.6 is 34.5 Å². The number of halogens is 2. The predicted octanol–water partition coefficient (Wildman–Crippen LogP) is 3.85. The van der Waals surface area contributed by atoms with E-state index >= 15 is 0 Å². The Morgan fingerprint density at radius 3 is 2.87 bits per heavy atom. The molecule has 0 aliphatic carbocycles. The summed E-state index contributed by atoms with van der Waals surface area (Å²) >= 11 is 13.3. The molecule has 7 heteroatoms. The number of hydrogen-bond acceptors (Lipinski definition) is 4. The Morgan fingerprint density at radius 2 is 2.17 bits per heavy atom. The van der Waals surface area contributed by atoms with Crippen LogP contribution in [0, 0.1) is 0 Å². The van der Waals surface area contributed by atoms with Crippen molar-refractivity contribution in [1.82, 2.24) is 10.2 Å². The number of carbonyl (C=O) groups is 1. The Kier molecular flexibility index (Phi) is 5.11. The summed E-state index contributed by atoms with van der Waals surface area (Å²) < 4.78 is 6.39. The average molecular weight is 371 g/mol. The second kappa shape index (κ2) is 7.09. The fraction of sp³-hybridized carbons (Fsp3) is 0.312. The maximum Gasteiger partial charge on any atom is 0.256 e. The summed E-state index contributed by atoms with van der Waals surface area (Å²) in [6, 6.07) is 9.28. The highest BCUT2D eigenvalue weighted by molar-refractivity contribution is 7.20. The Bertz CT molecular complexity index is 720. The van der Waals surface area contributed by atoms with Gasteiger partial charge < -0.3 is 15.0 Å². The first-order chi connectivity index (χ1) is 11.1. The molecule has 1 saturated heterocycles. The highest BCUT2D eigenvalue weighted by Crippen LogP contribution is 2.35. The van der Waals surface area contributed by atoms with E-state index in [2.05, 4.69) is 5.32 Å². The molecule has 4 nitrogen and oxygen atoms in total. The van der Waals surface area contributed by atoms with Crippen LogP contribution in [0.15, 0.2) is 30.3 Å². The Balaban J connectivity index is 1.96. The van der Waals surface area contributed by atoms with Gasteiger partial charge in [-0.2, -0.15) is 0 Å². The number of amides is 1. The molecule has 0 spiro atoms. The van der Waals surface area contributed by atoms with Crippen molar-refractivity contribution in [2.75, 3.05) is 26.7 Å². The fourth-order valence-corrected chi connectivity index (χ4v) is 4.26. The van der Waals surface area contributed by atoms with E-state index in [1.807, 2.05) is 29.2 Å². The number of methoxy groups -OCH3 is 1. The van der Waals surface area contributed by atoms with Crippen LogP contribution in [0.5, 0.6) is 5.75 Å². The number of nitrogens with one attached hydrogen (secondary N) is 1. The van der Waals surface area contributed by atoms with Gasteiger partial charge in [-0.1, -0.05) is 41.4 Å². The highest BCUT2D eigenvalue weighted by atomic mass is 35.5. The molecular formula is C16H16Cl2N2O2S. The van der Waals surface area contributed by atoms with E-state index in [0.29, 0.717) is 27.3 Å². The molecule has 1 unspecified atom stereocenters. The second-order valence-corrected chi connectivity index (χ2v) is 7.48. The van der Waals surface area contributed by atoms with Gasteiger partial charge >= 0.3 is 0 Å². The van der Waals surface area contributed by atoms with Gasteiger partial charge in [-0.05, 0) is 12.1 Å². The van der Waals surface area contributed by atoms with E-state index < -0.39 is 0 Å². The van der Waals surface area contributed by atoms with Gasteiger partial charge in [0.05, 0.1) is 23.1 Å². The maximum atomic E-state index is 12.9. The normalized spacial score (nSPS) is 18.0. The predicted molar refractivity (Wildman–Crippen MR) is 94.0 cm³/mol. The van der Waals surface area contributed by atoms with Gasteiger partial charge in [0, 0.05) is 25.2 Å². The largest absolute Gasteiger partial charge is 0.496 e. The molecule has 1 aliphatic heterocycles. The number of piperazine rings is 1. The lowest BCUT2D eigenvalue weighted by Gasteiger charge is -2.37. The van der Waals surface area contributed by atoms with E-state index in [1.54, 1.807) is 13.2 Å². The summed E-state index contributed by atoms with van der Waals surface area (Å²) in [7, 11) is 1.64. The molecule has 1 aliphatic rings. The zero-order valence-electron chi connectivity index (χ0n) is 12.5. The van der Waals surface area contributed by atoms with E-state index in [0.717, 1.165) is 17.9 Å². The molecule has 2 heterocycles. The lowest BCUT2D eigenvalue weighted by Crippen LogP contribution is -2.48. The molecule has 1 fully saturated rings. The molecule has 1 aromatic carbocycles. The van der Waals surface area contributed by atoms with Crippen molar-refractivity contribution in [3.63, 3.8) is 0 Å². The van der Waals surface area contributed by atoms with Crippen LogP contribution in [0.3, 0.4) is 0 Å². The number of rotatable bonds is 3. The quantitative estimate of drug-likeness (QED) is 0.891. The average Bonchev–Trinajstić information content (AvgIpc) is 2.92. The van der Waals surface area contributed by atoms with Crippen LogP contribution < -0.4 is 10.1 Å². The molecule has 1 amide bonds. The van der Waals surface area contributed by atoms with Gasteiger partial charge in [0.1, 0.15) is 10.1 Å². The molecule has 122 valence electrons. The van der Waals surface area contributed by atoms with E-state index in [1.165, 1.54) is 11.3 Å². The minimum Gasteiger partial charge on any atom is -0.496 e. The fourth-order valence-electron chi connectivity index (χ4n) is 2.81. The van der Waals surface area contributed by atoms with Crippen molar-refractivity contribution in [2.45, 2.75) is 6.04 Å². The molecule has 23 heavy (non-hydrogen) atoms. The molecule has 0 radical (unpaired) electrons. The van der Waals surface area contributed by atoms with Crippen LogP contribution in [0.25, 0.3) is 0 Å². The second-order valence-electron chi connectivity index (χ2n) is 5.20. The standard InChI is InChI=1S/C16H16Cl2N2O2S/c1-22-13-5-3-2-4-10(13)12-9-19-6-7-20(12)16(21)11-8-14(17)23-15(11)18/h2-5,8,12,19H,6-7,9H2,1H3. The molecular weight excluding hydrogens is 355 g/mol. The van der Waals surface area contributed by atoms with Gasteiger partial charge in [-0.25, -0.2) is 0 Å². The Labute approximate surface area is 149 Å². The van der Waals surface area contributed by atoms with Crippen molar-refractivity contribution in [3.8, 4) is 5.75 Å². The third-order valence-electron chi connectivity index (χ3n) is 3.89. The summed E-state index contributed by atoms with van der Waals surface area (Å²) in [5.74, 6) is 0.670. The van der Waals surface area contributed by atoms with E-state index in [9.17, 15) is 4.79 Å². The van der Waals surface area contributed by atoms with Crippen molar-refractivity contribution in [1.29, 1.82) is 0 Å². The zero-order chi connectivity index (χ0) is 16.4. The van der Waals surface area contributed by atoms with Gasteiger partial charge in [-0.15, -0.1) is 11.3 Å². The monoisotopic (exact) mass is 370 g/mol. The number of hydrogen-bond donors (Lipinski definition) is 1.